The van der Waals surface area contributed by atoms with E-state index in [0.717, 1.165) is 51.4 Å². The first kappa shape index (κ1) is 74.3. The molecule has 0 aromatic rings. The van der Waals surface area contributed by atoms with Crippen LogP contribution in [0, 0.1) is 0 Å². The van der Waals surface area contributed by atoms with Crippen LogP contribution in [0.4, 0.5) is 0 Å². The van der Waals surface area contributed by atoms with E-state index >= 15 is 0 Å². The third-order valence-corrected chi connectivity index (χ3v) is 16.3. The van der Waals surface area contributed by atoms with E-state index in [4.69, 9.17) is 4.74 Å². The average molecular weight is 1070 g/mol. The van der Waals surface area contributed by atoms with Crippen molar-refractivity contribution < 1.29 is 24.5 Å². The predicted octanol–water partition coefficient (Wildman–Crippen LogP) is 22.1. The molecule has 0 saturated heterocycles. The molecule has 0 heterocycles. The van der Waals surface area contributed by atoms with Gasteiger partial charge in [0.25, 0.3) is 0 Å². The normalized spacial score (nSPS) is 12.6. The molecule has 3 N–H and O–H groups in total. The molecular formula is C70H135NO5. The van der Waals surface area contributed by atoms with Crippen LogP contribution in [0.15, 0.2) is 24.3 Å². The highest BCUT2D eigenvalue weighted by atomic mass is 16.5. The van der Waals surface area contributed by atoms with E-state index in [1.807, 2.05) is 0 Å². The van der Waals surface area contributed by atoms with Crippen molar-refractivity contribution >= 4 is 11.9 Å². The summed E-state index contributed by atoms with van der Waals surface area (Å²) in [4.78, 5) is 24.6. The highest BCUT2D eigenvalue weighted by Gasteiger charge is 2.20. The molecule has 0 aliphatic heterocycles. The van der Waals surface area contributed by atoms with Crippen LogP contribution in [0.1, 0.15) is 386 Å². The fourth-order valence-corrected chi connectivity index (χ4v) is 11.0. The number of allylic oxidation sites excluding steroid dienone is 4. The molecule has 0 spiro atoms. The molecule has 0 fully saturated rings. The van der Waals surface area contributed by atoms with Gasteiger partial charge in [0.2, 0.25) is 5.91 Å². The molecule has 6 heteroatoms. The highest BCUT2D eigenvalue weighted by Crippen LogP contribution is 2.19. The fraction of sp³-hybridized carbons (Fsp3) is 0.914. The van der Waals surface area contributed by atoms with E-state index in [1.54, 1.807) is 0 Å². The monoisotopic (exact) mass is 1070 g/mol. The Morgan fingerprint density at radius 2 is 0.658 bits per heavy atom. The van der Waals surface area contributed by atoms with Gasteiger partial charge in [-0.1, -0.05) is 340 Å². The van der Waals surface area contributed by atoms with Crippen molar-refractivity contribution in [1.82, 2.24) is 5.32 Å². The summed E-state index contributed by atoms with van der Waals surface area (Å²) in [6.07, 6.45) is 82.2. The number of ether oxygens (including phenoxy) is 1. The topological polar surface area (TPSA) is 95.9 Å². The van der Waals surface area contributed by atoms with Crippen molar-refractivity contribution in [2.45, 2.75) is 398 Å². The number of hydrogen-bond donors (Lipinski definition) is 3. The molecule has 0 aliphatic carbocycles. The summed E-state index contributed by atoms with van der Waals surface area (Å²) in [7, 11) is 0. The van der Waals surface area contributed by atoms with Crippen molar-refractivity contribution in [1.29, 1.82) is 0 Å². The molecule has 0 radical (unpaired) electrons. The first-order chi connectivity index (χ1) is 37.5. The van der Waals surface area contributed by atoms with Gasteiger partial charge in [-0.25, -0.2) is 0 Å². The maximum absolute atomic E-state index is 12.5. The molecule has 1 amide bonds. The molecule has 2 atom stereocenters. The van der Waals surface area contributed by atoms with Crippen LogP contribution >= 0.6 is 0 Å². The smallest absolute Gasteiger partial charge is 0.305 e. The van der Waals surface area contributed by atoms with Gasteiger partial charge in [0.1, 0.15) is 0 Å². The lowest BCUT2D eigenvalue weighted by Gasteiger charge is -2.22. The third kappa shape index (κ3) is 61.6. The lowest BCUT2D eigenvalue weighted by Crippen LogP contribution is -2.45. The molecule has 0 bridgehead atoms. The summed E-state index contributed by atoms with van der Waals surface area (Å²) in [5.74, 6) is -0.0227. The van der Waals surface area contributed by atoms with Crippen LogP contribution in [0.25, 0.3) is 0 Å². The quantitative estimate of drug-likeness (QED) is 0.0320. The average Bonchev–Trinajstić information content (AvgIpc) is 3.42. The van der Waals surface area contributed by atoms with Gasteiger partial charge in [0.05, 0.1) is 25.4 Å². The number of nitrogens with one attached hydrogen (secondary N) is 1. The molecule has 6 nitrogen and oxygen atoms in total. The van der Waals surface area contributed by atoms with Crippen LogP contribution in [0.2, 0.25) is 0 Å². The number of aliphatic hydroxyl groups is 2. The zero-order valence-corrected chi connectivity index (χ0v) is 51.5. The van der Waals surface area contributed by atoms with Crippen LogP contribution in [0.5, 0.6) is 0 Å². The Kier molecular flexibility index (Phi) is 64.4. The van der Waals surface area contributed by atoms with E-state index in [1.165, 1.54) is 302 Å². The maximum atomic E-state index is 12.5. The van der Waals surface area contributed by atoms with Gasteiger partial charge in [-0.05, 0) is 57.8 Å². The summed E-state index contributed by atoms with van der Waals surface area (Å²) in [5, 5.41) is 23.3. The third-order valence-electron chi connectivity index (χ3n) is 16.3. The standard InChI is InChI=1S/C70H135NO5/c1-3-5-7-9-11-13-15-17-34-38-42-46-50-54-58-62-68(73)67(66-72)71-69(74)63-59-55-51-47-43-39-36-32-30-28-26-24-22-20-19-21-23-25-27-29-31-33-37-41-45-49-53-57-61-65-76-70(75)64-60-56-52-48-44-40-35-18-16-14-12-10-8-6-4-2/h12,14,18,35,67-68,72-73H,3-11,13,15-17,19-34,36-66H2,1-2H3,(H,71,74)/b14-12-,35-18-/t67-,68+/m0/s1. The zero-order chi connectivity index (χ0) is 55.0. The molecular weight excluding hydrogens is 935 g/mol. The van der Waals surface area contributed by atoms with Crippen molar-refractivity contribution in [2.75, 3.05) is 13.2 Å². The largest absolute Gasteiger partial charge is 0.466 e. The molecule has 0 aromatic heterocycles. The van der Waals surface area contributed by atoms with Gasteiger partial charge in [-0.2, -0.15) is 0 Å². The van der Waals surface area contributed by atoms with Crippen molar-refractivity contribution in [3.63, 3.8) is 0 Å². The molecule has 0 aromatic carbocycles. The van der Waals surface area contributed by atoms with Crippen molar-refractivity contribution in [3.8, 4) is 0 Å². The number of carbonyl (C=O) groups excluding carboxylic acids is 2. The Balaban J connectivity index is 3.33. The lowest BCUT2D eigenvalue weighted by molar-refractivity contribution is -0.143. The molecule has 0 unspecified atom stereocenters. The minimum atomic E-state index is -0.661. The number of amides is 1. The lowest BCUT2D eigenvalue weighted by atomic mass is 10.0. The number of hydrogen-bond acceptors (Lipinski definition) is 5. The Bertz CT molecular complexity index is 1190. The van der Waals surface area contributed by atoms with Crippen molar-refractivity contribution in [2.24, 2.45) is 0 Å². The maximum Gasteiger partial charge on any atom is 0.305 e. The second-order valence-corrected chi connectivity index (χ2v) is 23.9. The zero-order valence-electron chi connectivity index (χ0n) is 51.5. The first-order valence-electron chi connectivity index (χ1n) is 34.6. The Labute approximate surface area is 475 Å². The van der Waals surface area contributed by atoms with Gasteiger partial charge in [0.15, 0.2) is 0 Å². The SMILES string of the molecule is CCCCC/C=C\C/C=C\CCCCCCCC(=O)OCCCCCCCCCCCCCCCCCCCCCCCCCCCCCCCC(=O)N[C@@H](CO)[C@H](O)CCCCCCCCCCCCCCCCC. The van der Waals surface area contributed by atoms with Crippen LogP contribution < -0.4 is 5.32 Å². The molecule has 76 heavy (non-hydrogen) atoms. The Morgan fingerprint density at radius 1 is 0.368 bits per heavy atom. The van der Waals surface area contributed by atoms with E-state index in [9.17, 15) is 19.8 Å². The molecule has 0 aliphatic rings. The predicted molar refractivity (Wildman–Crippen MR) is 333 cm³/mol. The summed E-state index contributed by atoms with van der Waals surface area (Å²) in [5.41, 5.74) is 0. The van der Waals surface area contributed by atoms with E-state index < -0.39 is 12.1 Å². The van der Waals surface area contributed by atoms with Gasteiger partial charge in [0, 0.05) is 12.8 Å². The summed E-state index contributed by atoms with van der Waals surface area (Å²) < 4.78 is 5.49. The number of carbonyl (C=O) groups is 2. The minimum Gasteiger partial charge on any atom is -0.466 e. The van der Waals surface area contributed by atoms with Gasteiger partial charge in [-0.3, -0.25) is 9.59 Å². The van der Waals surface area contributed by atoms with Crippen LogP contribution in [-0.4, -0.2) is 47.4 Å². The second kappa shape index (κ2) is 65.9. The highest BCUT2D eigenvalue weighted by molar-refractivity contribution is 5.76. The second-order valence-electron chi connectivity index (χ2n) is 23.9. The van der Waals surface area contributed by atoms with E-state index in [0.29, 0.717) is 25.9 Å². The van der Waals surface area contributed by atoms with Gasteiger partial charge < -0.3 is 20.3 Å². The Morgan fingerprint density at radius 3 is 1.03 bits per heavy atom. The van der Waals surface area contributed by atoms with Crippen LogP contribution in [-0.2, 0) is 14.3 Å². The molecule has 0 rings (SSSR count). The van der Waals surface area contributed by atoms with Crippen LogP contribution in [0.3, 0.4) is 0 Å². The fourth-order valence-electron chi connectivity index (χ4n) is 11.0. The number of unbranched alkanes of at least 4 members (excludes halogenated alkanes) is 50. The Hall–Kier alpha value is -1.66. The van der Waals surface area contributed by atoms with E-state index in [2.05, 4.69) is 43.5 Å². The number of esters is 1. The van der Waals surface area contributed by atoms with Crippen molar-refractivity contribution in [3.05, 3.63) is 24.3 Å². The first-order valence-corrected chi connectivity index (χ1v) is 34.6. The van der Waals surface area contributed by atoms with Gasteiger partial charge >= 0.3 is 5.97 Å². The molecule has 0 saturated carbocycles. The van der Waals surface area contributed by atoms with Gasteiger partial charge in [-0.15, -0.1) is 0 Å². The number of aliphatic hydroxyl groups excluding tert-OH is 2. The van der Waals surface area contributed by atoms with E-state index in [-0.39, 0.29) is 18.5 Å². The summed E-state index contributed by atoms with van der Waals surface area (Å²) in [6.45, 7) is 4.95. The summed E-state index contributed by atoms with van der Waals surface area (Å²) in [6, 6.07) is -0.538. The molecule has 450 valence electrons. The summed E-state index contributed by atoms with van der Waals surface area (Å²) >= 11 is 0. The minimum absolute atomic E-state index is 0.00598. The number of rotatable bonds is 65.